The Morgan fingerprint density at radius 2 is 2.18 bits per heavy atom. The molecular weight excluding hydrogens is 240 g/mol. The van der Waals surface area contributed by atoms with Gasteiger partial charge in [-0.1, -0.05) is 0 Å². The Labute approximate surface area is 104 Å². The van der Waals surface area contributed by atoms with Gasteiger partial charge >= 0.3 is 0 Å². The van der Waals surface area contributed by atoms with Crippen LogP contribution < -0.4 is 10.2 Å². The third-order valence-electron chi connectivity index (χ3n) is 2.37. The molecule has 17 heavy (non-hydrogen) atoms. The number of hydrogen-bond donors (Lipinski definition) is 0. The van der Waals surface area contributed by atoms with Crippen LogP contribution in [0.1, 0.15) is 12.2 Å². The minimum absolute atomic E-state index is 0.0314. The van der Waals surface area contributed by atoms with E-state index in [9.17, 15) is 4.79 Å². The molecule has 1 aromatic carbocycles. The Morgan fingerprint density at radius 3 is 2.94 bits per heavy atom. The van der Waals surface area contributed by atoms with Crippen LogP contribution in [0, 0.1) is 6.92 Å². The summed E-state index contributed by atoms with van der Waals surface area (Å²) in [5, 5.41) is 0.570. The number of halogens is 1. The average molecular weight is 253 g/mol. The summed E-state index contributed by atoms with van der Waals surface area (Å²) in [6, 6.07) is 6.70. The van der Waals surface area contributed by atoms with E-state index in [2.05, 4.69) is 0 Å². The first-order chi connectivity index (χ1) is 8.20. The predicted molar refractivity (Wildman–Crippen MR) is 68.1 cm³/mol. The summed E-state index contributed by atoms with van der Waals surface area (Å²) in [4.78, 5) is 11.7. The third-order valence-corrected chi connectivity index (χ3v) is 2.64. The van der Waals surface area contributed by atoms with Crippen molar-refractivity contribution in [3.8, 4) is 5.75 Å². The maximum absolute atomic E-state index is 11.7. The van der Waals surface area contributed by atoms with Crippen molar-refractivity contribution in [3.63, 3.8) is 0 Å². The SMILES string of the molecule is Cc1cc(=O)c2ccc(OCCCCl)cc2o1. The molecule has 0 spiro atoms. The molecule has 0 radical (unpaired) electrons. The van der Waals surface area contributed by atoms with Crippen LogP contribution in [0.5, 0.6) is 5.75 Å². The summed E-state index contributed by atoms with van der Waals surface area (Å²) < 4.78 is 11.0. The molecule has 0 aliphatic heterocycles. The van der Waals surface area contributed by atoms with Gasteiger partial charge in [0.2, 0.25) is 0 Å². The smallest absolute Gasteiger partial charge is 0.192 e. The minimum atomic E-state index is -0.0314. The van der Waals surface area contributed by atoms with E-state index in [1.165, 1.54) is 6.07 Å². The summed E-state index contributed by atoms with van der Waals surface area (Å²) in [6.45, 7) is 2.31. The van der Waals surface area contributed by atoms with Crippen LogP contribution in [0.2, 0.25) is 0 Å². The van der Waals surface area contributed by atoms with Gasteiger partial charge in [-0.05, 0) is 25.5 Å². The Bertz CT molecular complexity index is 574. The molecule has 4 heteroatoms. The fraction of sp³-hybridized carbons (Fsp3) is 0.308. The van der Waals surface area contributed by atoms with Crippen molar-refractivity contribution < 1.29 is 9.15 Å². The lowest BCUT2D eigenvalue weighted by atomic mass is 10.2. The fourth-order valence-corrected chi connectivity index (χ4v) is 1.70. The van der Waals surface area contributed by atoms with Crippen LogP contribution in [-0.4, -0.2) is 12.5 Å². The number of fused-ring (bicyclic) bond motifs is 1. The second kappa shape index (κ2) is 5.23. The first-order valence-corrected chi connectivity index (χ1v) is 5.97. The van der Waals surface area contributed by atoms with E-state index in [0.717, 1.165) is 6.42 Å². The maximum Gasteiger partial charge on any atom is 0.192 e. The van der Waals surface area contributed by atoms with Gasteiger partial charge in [0, 0.05) is 18.0 Å². The molecule has 2 rings (SSSR count). The molecule has 0 aliphatic rings. The highest BCUT2D eigenvalue weighted by molar-refractivity contribution is 6.17. The van der Waals surface area contributed by atoms with E-state index < -0.39 is 0 Å². The van der Waals surface area contributed by atoms with Gasteiger partial charge < -0.3 is 9.15 Å². The highest BCUT2D eigenvalue weighted by Gasteiger charge is 2.04. The largest absolute Gasteiger partial charge is 0.493 e. The standard InChI is InChI=1S/C13H13ClO3/c1-9-7-12(15)11-4-3-10(8-13(11)17-9)16-6-2-5-14/h3-4,7-8H,2,5-6H2,1H3. The zero-order valence-electron chi connectivity index (χ0n) is 9.53. The second-order valence-corrected chi connectivity index (χ2v) is 4.15. The zero-order valence-corrected chi connectivity index (χ0v) is 10.3. The van der Waals surface area contributed by atoms with Gasteiger partial charge in [0.1, 0.15) is 17.1 Å². The Kier molecular flexibility index (Phi) is 3.69. The number of benzene rings is 1. The molecule has 0 bridgehead atoms. The number of hydrogen-bond acceptors (Lipinski definition) is 3. The van der Waals surface area contributed by atoms with Gasteiger partial charge in [-0.2, -0.15) is 0 Å². The highest BCUT2D eigenvalue weighted by atomic mass is 35.5. The van der Waals surface area contributed by atoms with E-state index >= 15 is 0 Å². The van der Waals surface area contributed by atoms with Crippen molar-refractivity contribution in [2.45, 2.75) is 13.3 Å². The van der Waals surface area contributed by atoms with Crippen LogP contribution in [0.25, 0.3) is 11.0 Å². The van der Waals surface area contributed by atoms with Crippen LogP contribution >= 0.6 is 11.6 Å². The van der Waals surface area contributed by atoms with E-state index in [1.807, 2.05) is 0 Å². The van der Waals surface area contributed by atoms with Gasteiger partial charge in [0.25, 0.3) is 0 Å². The van der Waals surface area contributed by atoms with Gasteiger partial charge in [0.05, 0.1) is 12.0 Å². The van der Waals surface area contributed by atoms with Crippen molar-refractivity contribution in [2.24, 2.45) is 0 Å². The van der Waals surface area contributed by atoms with Gasteiger partial charge in [0.15, 0.2) is 5.43 Å². The minimum Gasteiger partial charge on any atom is -0.493 e. The first kappa shape index (κ1) is 12.0. The lowest BCUT2D eigenvalue weighted by molar-refractivity contribution is 0.318. The van der Waals surface area contributed by atoms with Crippen LogP contribution in [-0.2, 0) is 0 Å². The van der Waals surface area contributed by atoms with E-state index in [4.69, 9.17) is 20.8 Å². The number of ether oxygens (including phenoxy) is 1. The molecule has 1 aromatic heterocycles. The van der Waals surface area contributed by atoms with Gasteiger partial charge in [-0.25, -0.2) is 0 Å². The summed E-state index contributed by atoms with van der Waals surface area (Å²) in [5.74, 6) is 1.86. The molecule has 0 N–H and O–H groups in total. The van der Waals surface area contributed by atoms with Gasteiger partial charge in [-0.15, -0.1) is 11.6 Å². The normalized spacial score (nSPS) is 10.7. The van der Waals surface area contributed by atoms with Crippen LogP contribution in [0.4, 0.5) is 0 Å². The summed E-state index contributed by atoms with van der Waals surface area (Å²) in [7, 11) is 0. The van der Waals surface area contributed by atoms with Crippen molar-refractivity contribution in [1.82, 2.24) is 0 Å². The Hall–Kier alpha value is -1.48. The average Bonchev–Trinajstić information content (AvgIpc) is 2.28. The van der Waals surface area contributed by atoms with E-state index in [0.29, 0.717) is 35.0 Å². The van der Waals surface area contributed by atoms with Crippen LogP contribution in [0.3, 0.4) is 0 Å². The van der Waals surface area contributed by atoms with E-state index in [-0.39, 0.29) is 5.43 Å². The molecule has 0 fully saturated rings. The number of aryl methyl sites for hydroxylation is 1. The first-order valence-electron chi connectivity index (χ1n) is 5.44. The molecule has 0 saturated heterocycles. The summed E-state index contributed by atoms with van der Waals surface area (Å²) in [5.41, 5.74) is 0.523. The molecule has 0 saturated carbocycles. The quantitative estimate of drug-likeness (QED) is 0.620. The van der Waals surface area contributed by atoms with Crippen LogP contribution in [0.15, 0.2) is 33.5 Å². The third kappa shape index (κ3) is 2.80. The monoisotopic (exact) mass is 252 g/mol. The number of alkyl halides is 1. The molecule has 2 aromatic rings. The predicted octanol–water partition coefficient (Wildman–Crippen LogP) is 3.11. The summed E-state index contributed by atoms with van der Waals surface area (Å²) in [6.07, 6.45) is 0.789. The zero-order chi connectivity index (χ0) is 12.3. The molecule has 1 heterocycles. The number of rotatable bonds is 4. The Morgan fingerprint density at radius 1 is 1.35 bits per heavy atom. The van der Waals surface area contributed by atoms with Crippen molar-refractivity contribution >= 4 is 22.6 Å². The second-order valence-electron chi connectivity index (χ2n) is 3.77. The maximum atomic E-state index is 11.7. The van der Waals surface area contributed by atoms with Crippen molar-refractivity contribution in [1.29, 1.82) is 0 Å². The molecule has 90 valence electrons. The highest BCUT2D eigenvalue weighted by Crippen LogP contribution is 2.19. The fourth-order valence-electron chi connectivity index (χ4n) is 1.59. The molecule has 0 atom stereocenters. The summed E-state index contributed by atoms with van der Waals surface area (Å²) >= 11 is 5.56. The topological polar surface area (TPSA) is 39.4 Å². The Balaban J connectivity index is 2.33. The van der Waals surface area contributed by atoms with E-state index in [1.54, 1.807) is 25.1 Å². The molecular formula is C13H13ClO3. The lowest BCUT2D eigenvalue weighted by Gasteiger charge is -2.05. The lowest BCUT2D eigenvalue weighted by Crippen LogP contribution is -2.01. The molecule has 0 aliphatic carbocycles. The molecule has 3 nitrogen and oxygen atoms in total. The molecule has 0 unspecified atom stereocenters. The van der Waals surface area contributed by atoms with Crippen molar-refractivity contribution in [2.75, 3.05) is 12.5 Å². The molecule has 0 amide bonds. The van der Waals surface area contributed by atoms with Gasteiger partial charge in [-0.3, -0.25) is 4.79 Å². The van der Waals surface area contributed by atoms with Crippen molar-refractivity contribution in [3.05, 3.63) is 40.2 Å².